The van der Waals surface area contributed by atoms with Crippen molar-refractivity contribution in [2.75, 3.05) is 13.2 Å². The summed E-state index contributed by atoms with van der Waals surface area (Å²) in [7, 11) is 0. The number of amides is 1. The number of aryl methyl sites for hydroxylation is 1. The molecule has 6 heteroatoms. The van der Waals surface area contributed by atoms with Crippen LogP contribution in [0.25, 0.3) is 10.9 Å². The Bertz CT molecular complexity index is 1080. The minimum atomic E-state index is -0.459. The first-order valence-electron chi connectivity index (χ1n) is 10.2. The van der Waals surface area contributed by atoms with Crippen molar-refractivity contribution in [3.8, 4) is 0 Å². The topological polar surface area (TPSA) is 68.3 Å². The minimum absolute atomic E-state index is 0.301. The zero-order chi connectivity index (χ0) is 20.9. The van der Waals surface area contributed by atoms with Crippen molar-refractivity contribution in [1.29, 1.82) is 0 Å². The Morgan fingerprint density at radius 1 is 1.03 bits per heavy atom. The largest absolute Gasteiger partial charge is 0.452 e. The summed E-state index contributed by atoms with van der Waals surface area (Å²) in [4.78, 5) is 29.8. The molecule has 5 nitrogen and oxygen atoms in total. The van der Waals surface area contributed by atoms with Crippen molar-refractivity contribution in [3.63, 3.8) is 0 Å². The summed E-state index contributed by atoms with van der Waals surface area (Å²) in [5.74, 6) is -0.774. The van der Waals surface area contributed by atoms with Gasteiger partial charge < -0.3 is 10.1 Å². The number of rotatable bonds is 6. The lowest BCUT2D eigenvalue weighted by molar-refractivity contribution is -0.124. The van der Waals surface area contributed by atoms with E-state index in [-0.39, 0.29) is 12.5 Å². The van der Waals surface area contributed by atoms with Gasteiger partial charge in [-0.15, -0.1) is 0 Å². The van der Waals surface area contributed by atoms with E-state index in [0.717, 1.165) is 53.4 Å². The van der Waals surface area contributed by atoms with Gasteiger partial charge >= 0.3 is 5.97 Å². The van der Waals surface area contributed by atoms with Gasteiger partial charge in [0.25, 0.3) is 5.91 Å². The Kier molecular flexibility index (Phi) is 6.29. The highest BCUT2D eigenvalue weighted by Crippen LogP contribution is 2.29. The number of pyridine rings is 1. The normalized spacial score (nSPS) is 13.0. The van der Waals surface area contributed by atoms with Crippen LogP contribution in [0.3, 0.4) is 0 Å². The van der Waals surface area contributed by atoms with Crippen LogP contribution < -0.4 is 5.32 Å². The van der Waals surface area contributed by atoms with Gasteiger partial charge in [-0.1, -0.05) is 41.9 Å². The summed E-state index contributed by atoms with van der Waals surface area (Å²) in [6, 6.07) is 15.1. The number of fused-ring (bicyclic) bond motifs is 2. The Morgan fingerprint density at radius 2 is 1.80 bits per heavy atom. The Labute approximate surface area is 180 Å². The number of nitrogens with zero attached hydrogens (tertiary/aromatic N) is 1. The van der Waals surface area contributed by atoms with Crippen molar-refractivity contribution in [2.45, 2.75) is 32.1 Å². The van der Waals surface area contributed by atoms with Crippen LogP contribution in [0, 0.1) is 0 Å². The summed E-state index contributed by atoms with van der Waals surface area (Å²) in [6.07, 6.45) is 4.46. The molecule has 2 aromatic carbocycles. The first-order valence-corrected chi connectivity index (χ1v) is 10.6. The van der Waals surface area contributed by atoms with Gasteiger partial charge in [0.2, 0.25) is 0 Å². The van der Waals surface area contributed by atoms with Crippen LogP contribution in [-0.2, 0) is 28.8 Å². The SMILES string of the molecule is O=C(COC(=O)c1c2c(nc3ccccc13)CCCC2)NCCc1ccc(Cl)cc1. The third-order valence-electron chi connectivity index (χ3n) is 5.36. The molecule has 1 N–H and O–H groups in total. The van der Waals surface area contributed by atoms with Crippen molar-refractivity contribution < 1.29 is 14.3 Å². The predicted octanol–water partition coefficient (Wildman–Crippen LogP) is 4.28. The minimum Gasteiger partial charge on any atom is -0.452 e. The van der Waals surface area contributed by atoms with E-state index in [1.807, 2.05) is 48.5 Å². The van der Waals surface area contributed by atoms with Gasteiger partial charge in [-0.05, 0) is 61.4 Å². The second kappa shape index (κ2) is 9.26. The number of hydrogen-bond donors (Lipinski definition) is 1. The fourth-order valence-corrected chi connectivity index (χ4v) is 3.98. The number of carbonyl (C=O) groups excluding carboxylic acids is 2. The molecule has 0 bridgehead atoms. The van der Waals surface area contributed by atoms with Crippen molar-refractivity contribution in [3.05, 3.63) is 75.9 Å². The first kappa shape index (κ1) is 20.4. The van der Waals surface area contributed by atoms with Crippen molar-refractivity contribution in [1.82, 2.24) is 10.3 Å². The molecule has 4 rings (SSSR count). The van der Waals surface area contributed by atoms with Crippen LogP contribution in [0.4, 0.5) is 0 Å². The van der Waals surface area contributed by atoms with Gasteiger partial charge in [-0.3, -0.25) is 9.78 Å². The number of para-hydroxylation sites is 1. The summed E-state index contributed by atoms with van der Waals surface area (Å²) < 4.78 is 5.39. The van der Waals surface area contributed by atoms with Crippen LogP contribution in [-0.4, -0.2) is 30.0 Å². The number of aromatic nitrogens is 1. The third-order valence-corrected chi connectivity index (χ3v) is 5.61. The van der Waals surface area contributed by atoms with E-state index < -0.39 is 5.97 Å². The van der Waals surface area contributed by atoms with Gasteiger partial charge in [-0.25, -0.2) is 4.79 Å². The standard InChI is InChI=1S/C24H23ClN2O3/c25-17-11-9-16(10-12-17)13-14-26-22(28)15-30-24(29)23-18-5-1-3-7-20(18)27-21-8-4-2-6-19(21)23/h1,3,5,7,9-12H,2,4,6,8,13-15H2,(H,26,28). The summed E-state index contributed by atoms with van der Waals surface area (Å²) in [6.45, 7) is 0.163. The van der Waals surface area contributed by atoms with Crippen molar-refractivity contribution >= 4 is 34.4 Å². The smallest absolute Gasteiger partial charge is 0.339 e. The van der Waals surface area contributed by atoms with E-state index in [0.29, 0.717) is 23.6 Å². The number of benzene rings is 2. The highest BCUT2D eigenvalue weighted by molar-refractivity contribution is 6.30. The maximum atomic E-state index is 12.9. The number of ether oxygens (including phenoxy) is 1. The molecule has 0 atom stereocenters. The molecule has 0 aliphatic heterocycles. The van der Waals surface area contributed by atoms with Gasteiger partial charge in [0.1, 0.15) is 0 Å². The number of esters is 1. The Morgan fingerprint density at radius 3 is 2.63 bits per heavy atom. The van der Waals surface area contributed by atoms with Crippen molar-refractivity contribution in [2.24, 2.45) is 0 Å². The molecule has 0 unspecified atom stereocenters. The maximum absolute atomic E-state index is 12.9. The third kappa shape index (κ3) is 4.62. The number of hydrogen-bond acceptors (Lipinski definition) is 4. The molecule has 0 saturated carbocycles. The highest BCUT2D eigenvalue weighted by Gasteiger charge is 2.24. The molecule has 1 heterocycles. The van der Waals surface area contributed by atoms with E-state index in [2.05, 4.69) is 5.32 Å². The second-order valence-electron chi connectivity index (χ2n) is 7.44. The molecule has 30 heavy (non-hydrogen) atoms. The molecule has 1 aliphatic rings. The zero-order valence-corrected chi connectivity index (χ0v) is 17.4. The summed E-state index contributed by atoms with van der Waals surface area (Å²) in [5, 5.41) is 4.26. The van der Waals surface area contributed by atoms with E-state index in [9.17, 15) is 9.59 Å². The van der Waals surface area contributed by atoms with E-state index in [1.165, 1.54) is 0 Å². The quantitative estimate of drug-likeness (QED) is 0.602. The molecular formula is C24H23ClN2O3. The number of carbonyl (C=O) groups is 2. The predicted molar refractivity (Wildman–Crippen MR) is 117 cm³/mol. The fourth-order valence-electron chi connectivity index (χ4n) is 3.86. The molecule has 0 fully saturated rings. The lowest BCUT2D eigenvalue weighted by atomic mass is 9.90. The first-order chi connectivity index (χ1) is 14.6. The van der Waals surface area contributed by atoms with E-state index in [4.69, 9.17) is 21.3 Å². The number of halogens is 1. The molecule has 0 spiro atoms. The van der Waals surface area contributed by atoms with Crippen LogP contribution in [0.2, 0.25) is 5.02 Å². The summed E-state index contributed by atoms with van der Waals surface area (Å²) >= 11 is 5.88. The van der Waals surface area contributed by atoms with Gasteiger partial charge in [0.15, 0.2) is 6.61 Å². The molecule has 154 valence electrons. The molecule has 1 aliphatic carbocycles. The molecule has 1 amide bonds. The van der Waals surface area contributed by atoms with Gasteiger partial charge in [-0.2, -0.15) is 0 Å². The van der Waals surface area contributed by atoms with Gasteiger partial charge in [0, 0.05) is 22.6 Å². The molecule has 0 radical (unpaired) electrons. The van der Waals surface area contributed by atoms with Gasteiger partial charge in [0.05, 0.1) is 11.1 Å². The van der Waals surface area contributed by atoms with Crippen LogP contribution in [0.15, 0.2) is 48.5 Å². The Balaban J connectivity index is 1.39. The van der Waals surface area contributed by atoms with Crippen LogP contribution in [0.1, 0.15) is 40.0 Å². The number of nitrogens with one attached hydrogen (secondary N) is 1. The maximum Gasteiger partial charge on any atom is 0.339 e. The average molecular weight is 423 g/mol. The molecule has 1 aromatic heterocycles. The highest BCUT2D eigenvalue weighted by atomic mass is 35.5. The Hall–Kier alpha value is -2.92. The average Bonchev–Trinajstić information content (AvgIpc) is 2.77. The molecule has 3 aromatic rings. The monoisotopic (exact) mass is 422 g/mol. The van der Waals surface area contributed by atoms with E-state index >= 15 is 0 Å². The zero-order valence-electron chi connectivity index (χ0n) is 16.6. The molecule has 0 saturated heterocycles. The van der Waals surface area contributed by atoms with E-state index in [1.54, 1.807) is 0 Å². The second-order valence-corrected chi connectivity index (χ2v) is 7.88. The van der Waals surface area contributed by atoms with Crippen LogP contribution in [0.5, 0.6) is 0 Å². The summed E-state index contributed by atoms with van der Waals surface area (Å²) in [5.41, 5.74) is 4.36. The lowest BCUT2D eigenvalue weighted by Crippen LogP contribution is -2.30. The van der Waals surface area contributed by atoms with Crippen LogP contribution >= 0.6 is 11.6 Å². The lowest BCUT2D eigenvalue weighted by Gasteiger charge is -2.19. The fraction of sp³-hybridized carbons (Fsp3) is 0.292. The molecular weight excluding hydrogens is 400 g/mol.